The highest BCUT2D eigenvalue weighted by atomic mass is 32.2. The van der Waals surface area contributed by atoms with Gasteiger partial charge in [-0.25, -0.2) is 4.79 Å². The Balaban J connectivity index is 2.99. The molecule has 5 nitrogen and oxygen atoms in total. The fraction of sp³-hybridized carbons (Fsp3) is 0.500. The first-order valence-electron chi connectivity index (χ1n) is 4.76. The zero-order valence-electron chi connectivity index (χ0n) is 9.48. The molecule has 0 aromatic carbocycles. The maximum Gasteiger partial charge on any atom is 0.338 e. The van der Waals surface area contributed by atoms with E-state index in [0.29, 0.717) is 28.6 Å². The predicted octanol–water partition coefficient (Wildman–Crippen LogP) is 1.53. The smallest absolute Gasteiger partial charge is 0.338 e. The summed E-state index contributed by atoms with van der Waals surface area (Å²) in [6, 6.07) is 0. The average molecular weight is 242 g/mol. The number of carbonyl (C=O) groups is 1. The lowest BCUT2D eigenvalue weighted by Gasteiger charge is -2.08. The molecule has 1 rings (SSSR count). The Morgan fingerprint density at radius 2 is 2.12 bits per heavy atom. The Morgan fingerprint density at radius 1 is 1.44 bits per heavy atom. The van der Waals surface area contributed by atoms with Crippen LogP contribution in [0.3, 0.4) is 0 Å². The Hall–Kier alpha value is -1.14. The molecule has 0 aliphatic heterocycles. The molecule has 1 N–H and O–H groups in total. The third-order valence-electron chi connectivity index (χ3n) is 2.16. The number of nitrogens with zero attached hydrogens (tertiary/aromatic N) is 2. The molecule has 0 fully saturated rings. The molecule has 1 heterocycles. The van der Waals surface area contributed by atoms with Crippen molar-refractivity contribution in [3.63, 3.8) is 0 Å². The minimum absolute atomic E-state index is 0.244. The maximum absolute atomic E-state index is 11.1. The second-order valence-corrected chi connectivity index (χ2v) is 4.32. The van der Waals surface area contributed by atoms with Crippen molar-refractivity contribution in [1.29, 1.82) is 0 Å². The molecule has 6 heteroatoms. The van der Waals surface area contributed by atoms with Crippen molar-refractivity contribution in [2.45, 2.75) is 18.9 Å². The quantitative estimate of drug-likeness (QED) is 0.623. The largest absolute Gasteiger partial charge is 0.478 e. The van der Waals surface area contributed by atoms with Gasteiger partial charge in [-0.15, -0.1) is 16.9 Å². The van der Waals surface area contributed by atoms with Crippen LogP contribution in [0.5, 0.6) is 0 Å². The standard InChI is InChI=1S/C10H14N2O3S/c1-6-7(2)11-12-9(8(6)10(13)14)16-5-4-15-3/h4-5H2,1-3H3,(H,13,14). The molecule has 0 spiro atoms. The van der Waals surface area contributed by atoms with Crippen LogP contribution in [0.2, 0.25) is 0 Å². The van der Waals surface area contributed by atoms with Crippen LogP contribution in [0, 0.1) is 13.8 Å². The first-order chi connectivity index (χ1) is 7.57. The number of aromatic carboxylic acids is 1. The van der Waals surface area contributed by atoms with Crippen LogP contribution in [0.4, 0.5) is 0 Å². The normalized spacial score (nSPS) is 10.4. The molecule has 0 aliphatic carbocycles. The maximum atomic E-state index is 11.1. The van der Waals surface area contributed by atoms with E-state index in [1.54, 1.807) is 21.0 Å². The van der Waals surface area contributed by atoms with E-state index in [2.05, 4.69) is 10.2 Å². The van der Waals surface area contributed by atoms with Crippen molar-refractivity contribution in [1.82, 2.24) is 10.2 Å². The summed E-state index contributed by atoms with van der Waals surface area (Å²) < 4.78 is 4.90. The fourth-order valence-corrected chi connectivity index (χ4v) is 2.09. The third-order valence-corrected chi connectivity index (χ3v) is 3.09. The van der Waals surface area contributed by atoms with Crippen molar-refractivity contribution >= 4 is 17.7 Å². The van der Waals surface area contributed by atoms with Gasteiger partial charge in [-0.05, 0) is 19.4 Å². The molecule has 0 saturated heterocycles. The SMILES string of the molecule is COCCSc1nnc(C)c(C)c1C(=O)O. The van der Waals surface area contributed by atoms with Gasteiger partial charge in [-0.3, -0.25) is 0 Å². The van der Waals surface area contributed by atoms with Gasteiger partial charge >= 0.3 is 5.97 Å². The van der Waals surface area contributed by atoms with Gasteiger partial charge in [0.15, 0.2) is 0 Å². The number of aromatic nitrogens is 2. The van der Waals surface area contributed by atoms with Crippen molar-refractivity contribution in [3.05, 3.63) is 16.8 Å². The van der Waals surface area contributed by atoms with Crippen LogP contribution in [-0.4, -0.2) is 40.7 Å². The Bertz CT molecular complexity index is 396. The van der Waals surface area contributed by atoms with Crippen LogP contribution in [0.1, 0.15) is 21.6 Å². The molecule has 0 saturated carbocycles. The molecule has 1 aromatic rings. The third kappa shape index (κ3) is 2.93. The number of methoxy groups -OCH3 is 1. The number of carboxylic acids is 1. The molecule has 0 amide bonds. The lowest BCUT2D eigenvalue weighted by molar-refractivity contribution is 0.0690. The lowest BCUT2D eigenvalue weighted by atomic mass is 10.1. The van der Waals surface area contributed by atoms with Crippen LogP contribution in [0.15, 0.2) is 5.03 Å². The van der Waals surface area contributed by atoms with Crippen molar-refractivity contribution in [3.8, 4) is 0 Å². The molecular weight excluding hydrogens is 228 g/mol. The minimum atomic E-state index is -0.963. The molecule has 16 heavy (non-hydrogen) atoms. The lowest BCUT2D eigenvalue weighted by Crippen LogP contribution is -2.08. The molecule has 0 atom stereocenters. The van der Waals surface area contributed by atoms with Crippen molar-refractivity contribution in [2.24, 2.45) is 0 Å². The summed E-state index contributed by atoms with van der Waals surface area (Å²) in [5, 5.41) is 17.4. The summed E-state index contributed by atoms with van der Waals surface area (Å²) in [6.45, 7) is 4.05. The zero-order chi connectivity index (χ0) is 12.1. The molecule has 0 bridgehead atoms. The van der Waals surface area contributed by atoms with E-state index in [-0.39, 0.29) is 5.56 Å². The summed E-state index contributed by atoms with van der Waals surface area (Å²) in [4.78, 5) is 11.1. The summed E-state index contributed by atoms with van der Waals surface area (Å²) in [5.41, 5.74) is 1.56. The highest BCUT2D eigenvalue weighted by Gasteiger charge is 2.17. The number of carboxylic acid groups (broad SMARTS) is 1. The number of ether oxygens (including phenoxy) is 1. The molecule has 0 aliphatic rings. The van der Waals surface area contributed by atoms with E-state index in [4.69, 9.17) is 9.84 Å². The molecular formula is C10H14N2O3S. The Labute approximate surface area is 98.2 Å². The average Bonchev–Trinajstić information content (AvgIpc) is 2.23. The van der Waals surface area contributed by atoms with E-state index in [1.165, 1.54) is 11.8 Å². The van der Waals surface area contributed by atoms with E-state index >= 15 is 0 Å². The number of hydrogen-bond donors (Lipinski definition) is 1. The van der Waals surface area contributed by atoms with Crippen LogP contribution in [-0.2, 0) is 4.74 Å². The zero-order valence-corrected chi connectivity index (χ0v) is 10.3. The fourth-order valence-electron chi connectivity index (χ4n) is 1.16. The second kappa shape index (κ2) is 5.81. The van der Waals surface area contributed by atoms with Gasteiger partial charge in [0, 0.05) is 12.9 Å². The number of rotatable bonds is 5. The van der Waals surface area contributed by atoms with Gasteiger partial charge in [0.1, 0.15) is 5.03 Å². The molecule has 88 valence electrons. The summed E-state index contributed by atoms with van der Waals surface area (Å²) >= 11 is 1.34. The van der Waals surface area contributed by atoms with E-state index < -0.39 is 5.97 Å². The molecule has 0 unspecified atom stereocenters. The topological polar surface area (TPSA) is 72.3 Å². The van der Waals surface area contributed by atoms with Crippen molar-refractivity contribution in [2.75, 3.05) is 19.5 Å². The summed E-state index contributed by atoms with van der Waals surface area (Å²) in [6.07, 6.45) is 0. The van der Waals surface area contributed by atoms with Gasteiger partial charge < -0.3 is 9.84 Å². The van der Waals surface area contributed by atoms with Crippen molar-refractivity contribution < 1.29 is 14.6 Å². The second-order valence-electron chi connectivity index (χ2n) is 3.24. The Morgan fingerprint density at radius 3 is 2.69 bits per heavy atom. The van der Waals surface area contributed by atoms with Gasteiger partial charge in [-0.1, -0.05) is 0 Å². The number of hydrogen-bond acceptors (Lipinski definition) is 5. The van der Waals surface area contributed by atoms with E-state index in [1.807, 2.05) is 0 Å². The summed E-state index contributed by atoms with van der Waals surface area (Å²) in [7, 11) is 1.60. The van der Waals surface area contributed by atoms with Gasteiger partial charge in [0.2, 0.25) is 0 Å². The number of thioether (sulfide) groups is 1. The monoisotopic (exact) mass is 242 g/mol. The summed E-state index contributed by atoms with van der Waals surface area (Å²) in [5.74, 6) is -0.302. The molecule has 1 aromatic heterocycles. The minimum Gasteiger partial charge on any atom is -0.478 e. The van der Waals surface area contributed by atoms with Gasteiger partial charge in [-0.2, -0.15) is 5.10 Å². The first kappa shape index (κ1) is 12.9. The highest BCUT2D eigenvalue weighted by molar-refractivity contribution is 7.99. The van der Waals surface area contributed by atoms with Gasteiger partial charge in [0.25, 0.3) is 0 Å². The molecule has 0 radical (unpaired) electrons. The van der Waals surface area contributed by atoms with Crippen LogP contribution < -0.4 is 0 Å². The van der Waals surface area contributed by atoms with Crippen LogP contribution in [0.25, 0.3) is 0 Å². The van der Waals surface area contributed by atoms with E-state index in [0.717, 1.165) is 0 Å². The van der Waals surface area contributed by atoms with Crippen LogP contribution >= 0.6 is 11.8 Å². The highest BCUT2D eigenvalue weighted by Crippen LogP contribution is 2.23. The Kier molecular flexibility index (Phi) is 4.70. The predicted molar refractivity (Wildman–Crippen MR) is 61.1 cm³/mol. The number of aryl methyl sites for hydroxylation is 1. The first-order valence-corrected chi connectivity index (χ1v) is 5.75. The van der Waals surface area contributed by atoms with Gasteiger partial charge in [0.05, 0.1) is 17.9 Å². The van der Waals surface area contributed by atoms with E-state index in [9.17, 15) is 4.79 Å².